The predicted octanol–water partition coefficient (Wildman–Crippen LogP) is 2.70. The van der Waals surface area contributed by atoms with E-state index in [9.17, 15) is 0 Å². The third-order valence-corrected chi connectivity index (χ3v) is 2.79. The lowest BCUT2D eigenvalue weighted by molar-refractivity contribution is 0.342. The fraction of sp³-hybridized carbons (Fsp3) is 0.375. The van der Waals surface area contributed by atoms with E-state index >= 15 is 0 Å². The van der Waals surface area contributed by atoms with Crippen LogP contribution in [-0.2, 0) is 4.65 Å². The van der Waals surface area contributed by atoms with Gasteiger partial charge in [0.05, 0.1) is 0 Å². The molecule has 1 rings (SSSR count). The van der Waals surface area contributed by atoms with E-state index < -0.39 is 0 Å². The third kappa shape index (κ3) is 5.45. The quantitative estimate of drug-likeness (QED) is 0.574. The van der Waals surface area contributed by atoms with Crippen LogP contribution in [0.1, 0.15) is 26.7 Å². The van der Waals surface area contributed by atoms with Gasteiger partial charge >= 0.3 is 6.92 Å². The molecule has 0 heterocycles. The molecular formula is C16H24BNO. The third-order valence-electron chi connectivity index (χ3n) is 2.79. The van der Waals surface area contributed by atoms with Crippen molar-refractivity contribution in [3.8, 4) is 0 Å². The highest BCUT2D eigenvalue weighted by Gasteiger charge is 2.21. The molecule has 19 heavy (non-hydrogen) atoms. The van der Waals surface area contributed by atoms with E-state index in [0.29, 0.717) is 13.2 Å². The Morgan fingerprint density at radius 3 is 2.53 bits per heavy atom. The molecule has 1 aromatic rings. The maximum atomic E-state index is 5.94. The second kappa shape index (κ2) is 9.59. The van der Waals surface area contributed by atoms with Gasteiger partial charge in [0.1, 0.15) is 0 Å². The lowest BCUT2D eigenvalue weighted by Gasteiger charge is -2.16. The molecule has 1 aromatic carbocycles. The van der Waals surface area contributed by atoms with Crippen LogP contribution in [0.4, 0.5) is 0 Å². The average molecular weight is 257 g/mol. The first-order valence-corrected chi connectivity index (χ1v) is 7.06. The minimum atomic E-state index is -0.0208. The van der Waals surface area contributed by atoms with Crippen molar-refractivity contribution in [1.29, 1.82) is 0 Å². The van der Waals surface area contributed by atoms with Crippen LogP contribution >= 0.6 is 0 Å². The van der Waals surface area contributed by atoms with E-state index in [2.05, 4.69) is 44.2 Å². The van der Waals surface area contributed by atoms with Crippen molar-refractivity contribution in [1.82, 2.24) is 0 Å². The molecule has 0 fully saturated rings. The summed E-state index contributed by atoms with van der Waals surface area (Å²) in [6, 6.07) is 10.3. The Morgan fingerprint density at radius 1 is 1.21 bits per heavy atom. The molecule has 0 aliphatic carbocycles. The molecule has 102 valence electrons. The Morgan fingerprint density at radius 2 is 1.95 bits per heavy atom. The minimum absolute atomic E-state index is 0.0208. The van der Waals surface area contributed by atoms with Gasteiger partial charge in [-0.15, -0.1) is 0 Å². The molecule has 0 unspecified atom stereocenters. The number of rotatable bonds is 8. The summed E-state index contributed by atoms with van der Waals surface area (Å²) in [5.41, 5.74) is 7.96. The summed E-state index contributed by atoms with van der Waals surface area (Å²) in [4.78, 5) is 0. The molecule has 0 spiro atoms. The number of hydrogen-bond donors (Lipinski definition) is 1. The molecule has 0 saturated heterocycles. The highest BCUT2D eigenvalue weighted by Crippen LogP contribution is 2.08. The van der Waals surface area contributed by atoms with Crippen LogP contribution in [0.15, 0.2) is 54.0 Å². The Hall–Kier alpha value is -1.32. The van der Waals surface area contributed by atoms with Crippen LogP contribution in [0, 0.1) is 0 Å². The van der Waals surface area contributed by atoms with Gasteiger partial charge in [-0.05, 0) is 23.8 Å². The normalized spacial score (nSPS) is 12.1. The summed E-state index contributed by atoms with van der Waals surface area (Å²) >= 11 is 0. The van der Waals surface area contributed by atoms with Crippen molar-refractivity contribution in [2.75, 3.05) is 13.2 Å². The fourth-order valence-corrected chi connectivity index (χ4v) is 1.95. The molecule has 0 aliphatic heterocycles. The molecule has 0 radical (unpaired) electrons. The van der Waals surface area contributed by atoms with Crippen molar-refractivity contribution < 1.29 is 4.65 Å². The van der Waals surface area contributed by atoms with Gasteiger partial charge in [0, 0.05) is 13.2 Å². The van der Waals surface area contributed by atoms with E-state index in [0.717, 1.165) is 12.8 Å². The molecule has 0 bridgehead atoms. The van der Waals surface area contributed by atoms with Gasteiger partial charge < -0.3 is 10.4 Å². The first-order chi connectivity index (χ1) is 9.33. The van der Waals surface area contributed by atoms with Crippen molar-refractivity contribution in [2.24, 2.45) is 5.73 Å². The number of hydrogen-bond acceptors (Lipinski definition) is 2. The van der Waals surface area contributed by atoms with Crippen LogP contribution < -0.4 is 11.2 Å². The van der Waals surface area contributed by atoms with Crippen molar-refractivity contribution in [3.05, 3.63) is 54.0 Å². The minimum Gasteiger partial charge on any atom is -0.426 e. The number of benzene rings is 1. The molecule has 0 amide bonds. The van der Waals surface area contributed by atoms with E-state index in [-0.39, 0.29) is 6.92 Å². The average Bonchev–Trinajstić information content (AvgIpc) is 2.46. The van der Waals surface area contributed by atoms with Crippen molar-refractivity contribution in [2.45, 2.75) is 26.7 Å². The van der Waals surface area contributed by atoms with Crippen LogP contribution in [0.5, 0.6) is 0 Å². The first kappa shape index (κ1) is 15.7. The van der Waals surface area contributed by atoms with Crippen LogP contribution in [-0.4, -0.2) is 20.1 Å². The highest BCUT2D eigenvalue weighted by atomic mass is 16.4. The van der Waals surface area contributed by atoms with Crippen LogP contribution in [0.2, 0.25) is 0 Å². The summed E-state index contributed by atoms with van der Waals surface area (Å²) in [7, 11) is 0. The smallest absolute Gasteiger partial charge is 0.361 e. The predicted molar refractivity (Wildman–Crippen MR) is 84.6 cm³/mol. The van der Waals surface area contributed by atoms with Crippen LogP contribution in [0.3, 0.4) is 0 Å². The Labute approximate surface area is 117 Å². The Bertz CT molecular complexity index is 400. The highest BCUT2D eigenvalue weighted by molar-refractivity contribution is 6.75. The molecule has 2 N–H and O–H groups in total. The topological polar surface area (TPSA) is 35.2 Å². The van der Waals surface area contributed by atoms with Gasteiger partial charge in [-0.2, -0.15) is 0 Å². The SMILES string of the molecule is CC/C=C\C(=C/CC)B(OCCN)c1ccccc1. The van der Waals surface area contributed by atoms with Gasteiger partial charge in [0.25, 0.3) is 0 Å². The van der Waals surface area contributed by atoms with E-state index in [1.165, 1.54) is 10.9 Å². The molecule has 3 heteroatoms. The fourth-order valence-electron chi connectivity index (χ4n) is 1.95. The first-order valence-electron chi connectivity index (χ1n) is 7.06. The molecular weight excluding hydrogens is 233 g/mol. The molecule has 2 nitrogen and oxygen atoms in total. The van der Waals surface area contributed by atoms with Crippen molar-refractivity contribution >= 4 is 12.4 Å². The van der Waals surface area contributed by atoms with Gasteiger partial charge in [-0.25, -0.2) is 0 Å². The molecule has 0 saturated carbocycles. The second-order valence-corrected chi connectivity index (χ2v) is 4.37. The van der Waals surface area contributed by atoms with Crippen LogP contribution in [0.25, 0.3) is 0 Å². The Balaban J connectivity index is 2.99. The standard InChI is InChI=1S/C16H24BNO/c1-3-5-10-15(9-4-2)17(19-14-13-18)16-11-7-6-8-12-16/h5-12H,3-4,13-14,18H2,1-2H3/b10-5-,15-9+. The Kier molecular flexibility index (Phi) is 7.95. The second-order valence-electron chi connectivity index (χ2n) is 4.37. The maximum absolute atomic E-state index is 5.94. The number of nitrogens with two attached hydrogens (primary N) is 1. The largest absolute Gasteiger partial charge is 0.426 e. The molecule has 0 aromatic heterocycles. The zero-order valence-electron chi connectivity index (χ0n) is 12.0. The lowest BCUT2D eigenvalue weighted by Crippen LogP contribution is -2.37. The lowest BCUT2D eigenvalue weighted by atomic mass is 9.54. The summed E-state index contributed by atoms with van der Waals surface area (Å²) in [6.07, 6.45) is 8.58. The van der Waals surface area contributed by atoms with E-state index in [1.54, 1.807) is 0 Å². The van der Waals surface area contributed by atoms with Crippen molar-refractivity contribution in [3.63, 3.8) is 0 Å². The molecule has 0 aliphatic rings. The van der Waals surface area contributed by atoms with E-state index in [4.69, 9.17) is 10.4 Å². The van der Waals surface area contributed by atoms with Gasteiger partial charge in [-0.3, -0.25) is 0 Å². The number of allylic oxidation sites excluding steroid dienone is 4. The van der Waals surface area contributed by atoms with Gasteiger partial charge in [0.2, 0.25) is 0 Å². The molecule has 0 atom stereocenters. The van der Waals surface area contributed by atoms with Gasteiger partial charge in [0.15, 0.2) is 0 Å². The zero-order chi connectivity index (χ0) is 13.9. The zero-order valence-corrected chi connectivity index (χ0v) is 12.0. The van der Waals surface area contributed by atoms with Gasteiger partial charge in [-0.1, -0.05) is 62.4 Å². The maximum Gasteiger partial charge on any atom is 0.361 e. The summed E-state index contributed by atoms with van der Waals surface area (Å²) in [5, 5.41) is 0. The summed E-state index contributed by atoms with van der Waals surface area (Å²) in [6.45, 7) is 5.37. The summed E-state index contributed by atoms with van der Waals surface area (Å²) < 4.78 is 5.94. The summed E-state index contributed by atoms with van der Waals surface area (Å²) in [5.74, 6) is 0. The monoisotopic (exact) mass is 257 g/mol. The van der Waals surface area contributed by atoms with E-state index in [1.807, 2.05) is 18.2 Å².